The Morgan fingerprint density at radius 2 is 1.89 bits per heavy atom. The van der Waals surface area contributed by atoms with Gasteiger partial charge in [-0.15, -0.1) is 0 Å². The van der Waals surface area contributed by atoms with Crippen LogP contribution in [0.1, 0.15) is 27.2 Å². The lowest BCUT2D eigenvalue weighted by molar-refractivity contribution is 0.102. The van der Waals surface area contributed by atoms with E-state index in [0.29, 0.717) is 16.9 Å². The second-order valence-electron chi connectivity index (χ2n) is 4.67. The number of aryl methyl sites for hydroxylation is 3. The molecular formula is C15H17N3O. The molecule has 0 aliphatic rings. The molecule has 0 saturated heterocycles. The van der Waals surface area contributed by atoms with Crippen LogP contribution in [0.4, 0.5) is 11.4 Å². The summed E-state index contributed by atoms with van der Waals surface area (Å²) in [7, 11) is 0. The van der Waals surface area contributed by atoms with Gasteiger partial charge in [-0.3, -0.25) is 9.78 Å². The second kappa shape index (κ2) is 5.10. The van der Waals surface area contributed by atoms with E-state index < -0.39 is 0 Å². The molecule has 3 N–H and O–H groups in total. The maximum Gasteiger partial charge on any atom is 0.256 e. The smallest absolute Gasteiger partial charge is 0.256 e. The number of pyridine rings is 1. The number of hydrogen-bond acceptors (Lipinski definition) is 3. The Morgan fingerprint density at radius 3 is 2.53 bits per heavy atom. The molecule has 0 aliphatic heterocycles. The van der Waals surface area contributed by atoms with Gasteiger partial charge in [-0.25, -0.2) is 0 Å². The zero-order valence-electron chi connectivity index (χ0n) is 11.3. The molecule has 0 spiro atoms. The second-order valence-corrected chi connectivity index (χ2v) is 4.67. The summed E-state index contributed by atoms with van der Waals surface area (Å²) < 4.78 is 0. The van der Waals surface area contributed by atoms with E-state index >= 15 is 0 Å². The van der Waals surface area contributed by atoms with Crippen molar-refractivity contribution in [2.45, 2.75) is 20.8 Å². The third-order valence-corrected chi connectivity index (χ3v) is 3.03. The van der Waals surface area contributed by atoms with Crippen LogP contribution in [0.3, 0.4) is 0 Å². The average molecular weight is 255 g/mol. The zero-order chi connectivity index (χ0) is 14.0. The number of amides is 1. The molecule has 98 valence electrons. The highest BCUT2D eigenvalue weighted by Crippen LogP contribution is 2.19. The minimum atomic E-state index is -0.171. The predicted octanol–water partition coefficient (Wildman–Crippen LogP) is 2.84. The van der Waals surface area contributed by atoms with Crippen LogP contribution >= 0.6 is 0 Å². The van der Waals surface area contributed by atoms with Gasteiger partial charge in [-0.1, -0.05) is 6.07 Å². The van der Waals surface area contributed by atoms with Crippen molar-refractivity contribution in [2.75, 3.05) is 11.1 Å². The number of rotatable bonds is 2. The number of benzene rings is 1. The van der Waals surface area contributed by atoms with Gasteiger partial charge in [-0.2, -0.15) is 0 Å². The maximum absolute atomic E-state index is 12.2. The molecule has 0 unspecified atom stereocenters. The topological polar surface area (TPSA) is 68.0 Å². The molecule has 1 heterocycles. The van der Waals surface area contributed by atoms with Gasteiger partial charge in [0.25, 0.3) is 5.91 Å². The van der Waals surface area contributed by atoms with Crippen molar-refractivity contribution in [3.8, 4) is 0 Å². The zero-order valence-corrected chi connectivity index (χ0v) is 11.3. The molecule has 0 aliphatic carbocycles. The fourth-order valence-electron chi connectivity index (χ4n) is 1.85. The largest absolute Gasteiger partial charge is 0.398 e. The molecule has 1 amide bonds. The number of nitrogens with zero attached hydrogens (tertiary/aromatic N) is 1. The van der Waals surface area contributed by atoms with Gasteiger partial charge in [0.05, 0.1) is 11.9 Å². The van der Waals surface area contributed by atoms with Crippen molar-refractivity contribution in [1.82, 2.24) is 4.98 Å². The lowest BCUT2D eigenvalue weighted by Gasteiger charge is -2.10. The quantitative estimate of drug-likeness (QED) is 0.811. The lowest BCUT2D eigenvalue weighted by atomic mass is 10.0. The van der Waals surface area contributed by atoms with Crippen molar-refractivity contribution in [3.63, 3.8) is 0 Å². The van der Waals surface area contributed by atoms with Crippen LogP contribution < -0.4 is 11.1 Å². The maximum atomic E-state index is 12.2. The minimum Gasteiger partial charge on any atom is -0.398 e. The summed E-state index contributed by atoms with van der Waals surface area (Å²) in [6.07, 6.45) is 1.64. The average Bonchev–Trinajstić information content (AvgIpc) is 2.36. The molecule has 2 aromatic rings. The summed E-state index contributed by atoms with van der Waals surface area (Å²) >= 11 is 0. The first kappa shape index (κ1) is 13.1. The third-order valence-electron chi connectivity index (χ3n) is 3.03. The Hall–Kier alpha value is -2.36. The van der Waals surface area contributed by atoms with E-state index in [4.69, 9.17) is 5.73 Å². The summed E-state index contributed by atoms with van der Waals surface area (Å²) in [6, 6.07) is 7.30. The molecule has 19 heavy (non-hydrogen) atoms. The molecule has 4 heteroatoms. The van der Waals surface area contributed by atoms with Gasteiger partial charge < -0.3 is 11.1 Å². The molecule has 0 bridgehead atoms. The predicted molar refractivity (Wildman–Crippen MR) is 77.3 cm³/mol. The minimum absolute atomic E-state index is 0.171. The highest BCUT2D eigenvalue weighted by Gasteiger charge is 2.11. The Bertz CT molecular complexity index is 618. The Kier molecular flexibility index (Phi) is 3.51. The number of carbonyl (C=O) groups is 1. The van der Waals surface area contributed by atoms with Gasteiger partial charge in [0.1, 0.15) is 0 Å². The van der Waals surface area contributed by atoms with Crippen LogP contribution in [-0.4, -0.2) is 10.9 Å². The van der Waals surface area contributed by atoms with Crippen molar-refractivity contribution >= 4 is 17.3 Å². The highest BCUT2D eigenvalue weighted by molar-refractivity contribution is 6.05. The normalized spacial score (nSPS) is 10.3. The number of nitrogen functional groups attached to an aromatic ring is 1. The fraction of sp³-hybridized carbons (Fsp3) is 0.200. The van der Waals surface area contributed by atoms with E-state index in [2.05, 4.69) is 10.3 Å². The first-order valence-electron chi connectivity index (χ1n) is 6.08. The van der Waals surface area contributed by atoms with Crippen LogP contribution in [-0.2, 0) is 0 Å². The Morgan fingerprint density at radius 1 is 1.16 bits per heavy atom. The first-order valence-corrected chi connectivity index (χ1v) is 6.08. The van der Waals surface area contributed by atoms with Crippen molar-refractivity contribution in [2.24, 2.45) is 0 Å². The van der Waals surface area contributed by atoms with Crippen molar-refractivity contribution < 1.29 is 4.79 Å². The summed E-state index contributed by atoms with van der Waals surface area (Å²) in [6.45, 7) is 5.72. The Balaban J connectivity index is 2.25. The molecule has 0 saturated carbocycles. The molecule has 4 nitrogen and oxygen atoms in total. The number of aromatic nitrogens is 1. The molecular weight excluding hydrogens is 238 g/mol. The van der Waals surface area contributed by atoms with Gasteiger partial charge in [0.2, 0.25) is 0 Å². The van der Waals surface area contributed by atoms with Gasteiger partial charge in [0.15, 0.2) is 0 Å². The highest BCUT2D eigenvalue weighted by atomic mass is 16.1. The summed E-state index contributed by atoms with van der Waals surface area (Å²) in [5, 5.41) is 2.82. The number of nitrogens with two attached hydrogens (primary N) is 1. The van der Waals surface area contributed by atoms with E-state index in [0.717, 1.165) is 16.8 Å². The van der Waals surface area contributed by atoms with E-state index in [1.807, 2.05) is 39.0 Å². The molecule has 0 atom stereocenters. The molecule has 2 rings (SSSR count). The standard InChI is InChI=1S/C15H17N3O/c1-9-6-10(2)14(16)7-13(9)15(19)18-12-5-4-11(3)17-8-12/h4-8H,16H2,1-3H3,(H,18,19). The summed E-state index contributed by atoms with van der Waals surface area (Å²) in [5.74, 6) is -0.171. The SMILES string of the molecule is Cc1ccc(NC(=O)c2cc(N)c(C)cc2C)cn1. The van der Waals surface area contributed by atoms with Crippen molar-refractivity contribution in [1.29, 1.82) is 0 Å². The van der Waals surface area contributed by atoms with Gasteiger partial charge in [-0.05, 0) is 50.1 Å². The van der Waals surface area contributed by atoms with Crippen LogP contribution in [0.15, 0.2) is 30.5 Å². The molecule has 0 radical (unpaired) electrons. The number of anilines is 2. The van der Waals surface area contributed by atoms with Gasteiger partial charge >= 0.3 is 0 Å². The molecule has 1 aromatic carbocycles. The van der Waals surface area contributed by atoms with Gasteiger partial charge in [0, 0.05) is 16.9 Å². The van der Waals surface area contributed by atoms with E-state index in [-0.39, 0.29) is 5.91 Å². The van der Waals surface area contributed by atoms with Crippen LogP contribution in [0, 0.1) is 20.8 Å². The van der Waals surface area contributed by atoms with Crippen LogP contribution in [0.25, 0.3) is 0 Å². The molecule has 0 fully saturated rings. The monoisotopic (exact) mass is 255 g/mol. The van der Waals surface area contributed by atoms with E-state index in [1.165, 1.54) is 0 Å². The van der Waals surface area contributed by atoms with E-state index in [1.54, 1.807) is 12.3 Å². The third kappa shape index (κ3) is 2.91. The summed E-state index contributed by atoms with van der Waals surface area (Å²) in [5.41, 5.74) is 10.5. The summed E-state index contributed by atoms with van der Waals surface area (Å²) in [4.78, 5) is 16.3. The Labute approximate surface area is 112 Å². The van der Waals surface area contributed by atoms with Crippen molar-refractivity contribution in [3.05, 3.63) is 52.8 Å². The van der Waals surface area contributed by atoms with Crippen LogP contribution in [0.2, 0.25) is 0 Å². The van der Waals surface area contributed by atoms with E-state index in [9.17, 15) is 4.79 Å². The number of hydrogen-bond donors (Lipinski definition) is 2. The lowest BCUT2D eigenvalue weighted by Crippen LogP contribution is -2.14. The first-order chi connectivity index (χ1) is 8.97. The number of nitrogens with one attached hydrogen (secondary N) is 1. The number of carbonyl (C=O) groups excluding carboxylic acids is 1. The fourth-order valence-corrected chi connectivity index (χ4v) is 1.85. The molecule has 1 aromatic heterocycles. The van der Waals surface area contributed by atoms with Crippen LogP contribution in [0.5, 0.6) is 0 Å².